The summed E-state index contributed by atoms with van der Waals surface area (Å²) >= 11 is 0. The van der Waals surface area contributed by atoms with Crippen molar-refractivity contribution in [2.24, 2.45) is 0 Å². The van der Waals surface area contributed by atoms with E-state index in [2.05, 4.69) is 5.10 Å². The summed E-state index contributed by atoms with van der Waals surface area (Å²) in [5.41, 5.74) is 0.906. The van der Waals surface area contributed by atoms with Crippen LogP contribution in [0.1, 0.15) is 32.8 Å². The van der Waals surface area contributed by atoms with Crippen molar-refractivity contribution in [3.05, 3.63) is 30.1 Å². The summed E-state index contributed by atoms with van der Waals surface area (Å²) in [6.07, 6.45) is 0.472. The van der Waals surface area contributed by atoms with Gasteiger partial charge < -0.3 is 19.9 Å². The van der Waals surface area contributed by atoms with Gasteiger partial charge in [0.15, 0.2) is 0 Å². The molecule has 0 fully saturated rings. The van der Waals surface area contributed by atoms with Gasteiger partial charge >= 0.3 is 7.12 Å². The van der Waals surface area contributed by atoms with E-state index in [0.29, 0.717) is 16.7 Å². The van der Waals surface area contributed by atoms with E-state index in [4.69, 9.17) is 14.8 Å². The van der Waals surface area contributed by atoms with Crippen molar-refractivity contribution in [1.29, 1.82) is 0 Å². The van der Waals surface area contributed by atoms with Crippen LogP contribution in [0.2, 0.25) is 0 Å². The lowest BCUT2D eigenvalue weighted by Crippen LogP contribution is -2.29. The molecule has 102 valence electrons. The molecule has 0 aliphatic carbocycles. The second-order valence-electron chi connectivity index (χ2n) is 5.35. The molecule has 0 bridgehead atoms. The average Bonchev–Trinajstić information content (AvgIpc) is 2.68. The topological polar surface area (TPSA) is 87.2 Å². The number of nitrogens with zero attached hydrogens (tertiary/aromatic N) is 2. The highest BCUT2D eigenvalue weighted by Gasteiger charge is 2.21. The van der Waals surface area contributed by atoms with Crippen molar-refractivity contribution in [1.82, 2.24) is 9.61 Å². The molecule has 0 amide bonds. The molecule has 1 atom stereocenters. The fourth-order valence-corrected chi connectivity index (χ4v) is 1.71. The zero-order valence-corrected chi connectivity index (χ0v) is 11.1. The summed E-state index contributed by atoms with van der Waals surface area (Å²) in [5, 5.41) is 32.3. The first-order valence-corrected chi connectivity index (χ1v) is 5.97. The van der Waals surface area contributed by atoms with Crippen molar-refractivity contribution < 1.29 is 19.9 Å². The van der Waals surface area contributed by atoms with E-state index in [9.17, 15) is 5.11 Å². The highest BCUT2D eigenvalue weighted by Crippen LogP contribution is 2.21. The van der Waals surface area contributed by atoms with Gasteiger partial charge in [0.05, 0.1) is 11.1 Å². The predicted octanol–water partition coefficient (Wildman–Crippen LogP) is -0.180. The van der Waals surface area contributed by atoms with Crippen molar-refractivity contribution in [3.8, 4) is 0 Å². The molecule has 2 aromatic heterocycles. The second kappa shape index (κ2) is 4.94. The Hall–Kier alpha value is -1.41. The highest BCUT2D eigenvalue weighted by atomic mass is 16.6. The number of aliphatic hydroxyl groups excluding tert-OH is 1. The molecule has 0 saturated carbocycles. The lowest BCUT2D eigenvalue weighted by atomic mass is 9.81. The number of pyridine rings is 1. The zero-order chi connectivity index (χ0) is 14.2. The van der Waals surface area contributed by atoms with E-state index >= 15 is 0 Å². The highest BCUT2D eigenvalue weighted by molar-refractivity contribution is 6.58. The number of aliphatic hydroxyl groups is 1. The number of rotatable bonds is 3. The number of ether oxygens (including phenoxy) is 1. The third kappa shape index (κ3) is 3.33. The van der Waals surface area contributed by atoms with Gasteiger partial charge in [-0.25, -0.2) is 4.52 Å². The first-order chi connectivity index (χ1) is 8.76. The maximum atomic E-state index is 9.94. The molecule has 6 nitrogen and oxygen atoms in total. The van der Waals surface area contributed by atoms with Gasteiger partial charge in [0.25, 0.3) is 0 Å². The van der Waals surface area contributed by atoms with Crippen LogP contribution >= 0.6 is 0 Å². The quantitative estimate of drug-likeness (QED) is 0.528. The van der Waals surface area contributed by atoms with Gasteiger partial charge in [-0.2, -0.15) is 5.10 Å². The monoisotopic (exact) mass is 264 g/mol. The number of hydrogen-bond acceptors (Lipinski definition) is 5. The first-order valence-electron chi connectivity index (χ1n) is 5.97. The minimum atomic E-state index is -1.53. The van der Waals surface area contributed by atoms with E-state index in [1.54, 1.807) is 24.4 Å². The smallest absolute Gasteiger partial charge is 0.423 e. The molecule has 0 aromatic carbocycles. The fraction of sp³-hybridized carbons (Fsp3) is 0.417. The molecule has 0 aliphatic rings. The maximum Gasteiger partial charge on any atom is 0.488 e. The Morgan fingerprint density at radius 3 is 2.58 bits per heavy atom. The molecule has 0 saturated heterocycles. The first kappa shape index (κ1) is 14.0. The summed E-state index contributed by atoms with van der Waals surface area (Å²) < 4.78 is 6.95. The lowest BCUT2D eigenvalue weighted by Gasteiger charge is -2.22. The Labute approximate surface area is 111 Å². The third-order valence-electron chi connectivity index (χ3n) is 2.52. The van der Waals surface area contributed by atoms with Gasteiger partial charge in [-0.05, 0) is 44.4 Å². The molecule has 2 heterocycles. The van der Waals surface area contributed by atoms with Crippen molar-refractivity contribution in [3.63, 3.8) is 0 Å². The largest absolute Gasteiger partial charge is 0.488 e. The summed E-state index contributed by atoms with van der Waals surface area (Å²) in [5.74, 6) is 0. The van der Waals surface area contributed by atoms with Crippen LogP contribution in [-0.2, 0) is 4.74 Å². The van der Waals surface area contributed by atoms with Gasteiger partial charge in [-0.3, -0.25) is 0 Å². The molecule has 1 unspecified atom stereocenters. The zero-order valence-electron chi connectivity index (χ0n) is 11.1. The van der Waals surface area contributed by atoms with E-state index < -0.39 is 19.0 Å². The Morgan fingerprint density at radius 1 is 1.32 bits per heavy atom. The summed E-state index contributed by atoms with van der Waals surface area (Å²) in [6, 6.07) is 4.78. The van der Waals surface area contributed by atoms with Gasteiger partial charge in [0, 0.05) is 6.20 Å². The van der Waals surface area contributed by atoms with Crippen LogP contribution in [0, 0.1) is 0 Å². The summed E-state index contributed by atoms with van der Waals surface area (Å²) in [6.45, 7) is 5.52. The standard InChI is InChI=1S/C12H17BN2O4/c1-12(2,3)19-11(16)10-7-9-6-8(13(17)18)4-5-15(9)14-10/h4-7,11,16-18H,1-3H3. The Kier molecular flexibility index (Phi) is 3.64. The van der Waals surface area contributed by atoms with Gasteiger partial charge in [-0.15, -0.1) is 0 Å². The molecular weight excluding hydrogens is 247 g/mol. The van der Waals surface area contributed by atoms with Gasteiger partial charge in [-0.1, -0.05) is 0 Å². The molecule has 0 aliphatic heterocycles. The maximum absolute atomic E-state index is 9.94. The van der Waals surface area contributed by atoms with Crippen molar-refractivity contribution in [2.45, 2.75) is 32.7 Å². The molecular formula is C12H17BN2O4. The number of fused-ring (bicyclic) bond motifs is 1. The minimum absolute atomic E-state index is 0.366. The Balaban J connectivity index is 2.31. The normalized spacial score (nSPS) is 13.8. The van der Waals surface area contributed by atoms with Crippen molar-refractivity contribution >= 4 is 18.1 Å². The Bertz CT molecular complexity index is 577. The molecule has 19 heavy (non-hydrogen) atoms. The SMILES string of the molecule is CC(C)(C)OC(O)c1cc2cc(B(O)O)ccn2n1. The van der Waals surface area contributed by atoms with E-state index in [-0.39, 0.29) is 0 Å². The van der Waals surface area contributed by atoms with Crippen LogP contribution in [0.5, 0.6) is 0 Å². The minimum Gasteiger partial charge on any atom is -0.423 e. The molecule has 2 aromatic rings. The molecule has 0 spiro atoms. The van der Waals surface area contributed by atoms with E-state index in [1.807, 2.05) is 20.8 Å². The lowest BCUT2D eigenvalue weighted by molar-refractivity contribution is -0.171. The summed E-state index contributed by atoms with van der Waals surface area (Å²) in [4.78, 5) is 0. The molecule has 2 rings (SSSR count). The van der Waals surface area contributed by atoms with Crippen LogP contribution in [-0.4, -0.2) is 37.5 Å². The van der Waals surface area contributed by atoms with E-state index in [0.717, 1.165) is 0 Å². The second-order valence-corrected chi connectivity index (χ2v) is 5.35. The van der Waals surface area contributed by atoms with E-state index in [1.165, 1.54) is 4.52 Å². The predicted molar refractivity (Wildman–Crippen MR) is 70.8 cm³/mol. The van der Waals surface area contributed by atoms with Gasteiger partial charge in [0.1, 0.15) is 5.69 Å². The van der Waals surface area contributed by atoms with Gasteiger partial charge in [0.2, 0.25) is 6.29 Å². The van der Waals surface area contributed by atoms with Crippen LogP contribution in [0.3, 0.4) is 0 Å². The molecule has 7 heteroatoms. The fourth-order valence-electron chi connectivity index (χ4n) is 1.71. The summed E-state index contributed by atoms with van der Waals surface area (Å²) in [7, 11) is -1.53. The molecule has 0 radical (unpaired) electrons. The van der Waals surface area contributed by atoms with Crippen molar-refractivity contribution in [2.75, 3.05) is 0 Å². The number of hydrogen-bond donors (Lipinski definition) is 3. The van der Waals surface area contributed by atoms with Crippen LogP contribution in [0.25, 0.3) is 5.52 Å². The van der Waals surface area contributed by atoms with Crippen LogP contribution in [0.4, 0.5) is 0 Å². The Morgan fingerprint density at radius 2 is 2.00 bits per heavy atom. The average molecular weight is 264 g/mol. The van der Waals surface area contributed by atoms with Crippen LogP contribution < -0.4 is 5.46 Å². The third-order valence-corrected chi connectivity index (χ3v) is 2.52. The molecule has 3 N–H and O–H groups in total. The number of aromatic nitrogens is 2. The van der Waals surface area contributed by atoms with Crippen LogP contribution in [0.15, 0.2) is 24.4 Å².